The molecule has 0 aliphatic carbocycles. The molecule has 0 saturated heterocycles. The van der Waals surface area contributed by atoms with E-state index in [0.717, 1.165) is 11.6 Å². The van der Waals surface area contributed by atoms with Gasteiger partial charge < -0.3 is 5.73 Å². The molecule has 0 unspecified atom stereocenters. The molecule has 2 N–H and O–H groups in total. The monoisotopic (exact) mass is 540 g/mol. The number of benzene rings is 2. The number of hydrogen-bond donors (Lipinski definition) is 1. The number of thiophene rings is 1. The van der Waals surface area contributed by atoms with Crippen LogP contribution in [0.15, 0.2) is 76.3 Å². The van der Waals surface area contributed by atoms with Gasteiger partial charge in [-0.1, -0.05) is 44.5 Å². The summed E-state index contributed by atoms with van der Waals surface area (Å²) in [4.78, 5) is 5.66. The van der Waals surface area contributed by atoms with E-state index in [2.05, 4.69) is 4.99 Å². The zero-order valence-electron chi connectivity index (χ0n) is 19.2. The number of sulfone groups is 1. The molecule has 1 heterocycles. The minimum Gasteiger partial charge on any atom is -0.395 e. The van der Waals surface area contributed by atoms with Crippen molar-refractivity contribution in [2.75, 3.05) is 5.75 Å². The Hall–Kier alpha value is -2.62. The smallest absolute Gasteiger partial charge is 0.395 e. The van der Waals surface area contributed by atoms with Crippen molar-refractivity contribution < 1.29 is 21.6 Å². The van der Waals surface area contributed by atoms with Crippen molar-refractivity contribution in [3.63, 3.8) is 0 Å². The maximum atomic E-state index is 13.2. The second-order valence-corrected chi connectivity index (χ2v) is 11.8. The van der Waals surface area contributed by atoms with Crippen LogP contribution in [-0.4, -0.2) is 26.1 Å². The second-order valence-electron chi connectivity index (χ2n) is 8.06. The van der Waals surface area contributed by atoms with E-state index in [1.165, 1.54) is 11.3 Å². The average molecular weight is 541 g/mol. The molecule has 10 heteroatoms. The predicted octanol–water partition coefficient (Wildman–Crippen LogP) is 7.51. The van der Waals surface area contributed by atoms with Gasteiger partial charge >= 0.3 is 6.18 Å². The molecular weight excluding hydrogens is 517 g/mol. The molecule has 3 rings (SSSR count). The van der Waals surface area contributed by atoms with Crippen LogP contribution < -0.4 is 5.73 Å². The van der Waals surface area contributed by atoms with Crippen molar-refractivity contribution in [1.82, 2.24) is 0 Å². The van der Waals surface area contributed by atoms with Gasteiger partial charge in [0.25, 0.3) is 0 Å². The minimum absolute atomic E-state index is 0.00871. The van der Waals surface area contributed by atoms with Gasteiger partial charge in [-0.05, 0) is 65.6 Å². The highest BCUT2D eigenvalue weighted by Gasteiger charge is 2.32. The fourth-order valence-corrected chi connectivity index (χ4v) is 5.22. The molecule has 0 radical (unpaired) electrons. The highest BCUT2D eigenvalue weighted by molar-refractivity contribution is 7.91. The molecule has 1 aromatic heterocycles. The first-order valence-electron chi connectivity index (χ1n) is 10.7. The Bertz CT molecular complexity index is 1390. The Morgan fingerprint density at radius 1 is 1.14 bits per heavy atom. The first-order valence-corrected chi connectivity index (χ1v) is 13.5. The van der Waals surface area contributed by atoms with Crippen LogP contribution in [-0.2, 0) is 9.84 Å². The van der Waals surface area contributed by atoms with Gasteiger partial charge in [0.15, 0.2) is 9.84 Å². The molecule has 0 fully saturated rings. The number of hydrogen-bond acceptors (Lipinski definition) is 5. The summed E-state index contributed by atoms with van der Waals surface area (Å²) in [5, 5.41) is 0.278. The van der Waals surface area contributed by atoms with Gasteiger partial charge in [0.2, 0.25) is 0 Å². The van der Waals surface area contributed by atoms with Crippen molar-refractivity contribution in [3.05, 3.63) is 81.8 Å². The first kappa shape index (κ1) is 27.0. The number of allylic oxidation sites excluding steroid dienone is 2. The lowest BCUT2D eigenvalue weighted by Gasteiger charge is -2.11. The SMILES string of the molecule is CCS(=O)(=O)c1cc(-c2ccc(C(/C=C(\N)C(F)(F)F)=Nc3ccccc3Cl)s2)cc(C(C)C)c1. The van der Waals surface area contributed by atoms with E-state index < -0.39 is 21.7 Å². The molecule has 4 nitrogen and oxygen atoms in total. The Kier molecular flexibility index (Phi) is 8.14. The average Bonchev–Trinajstić information content (AvgIpc) is 3.29. The molecule has 0 bridgehead atoms. The zero-order valence-corrected chi connectivity index (χ0v) is 21.6. The predicted molar refractivity (Wildman–Crippen MR) is 138 cm³/mol. The lowest BCUT2D eigenvalue weighted by atomic mass is 10.0. The molecular formula is C25H24ClF3N2O2S2. The van der Waals surface area contributed by atoms with Gasteiger partial charge in [-0.2, -0.15) is 13.2 Å². The highest BCUT2D eigenvalue weighted by Crippen LogP contribution is 2.35. The summed E-state index contributed by atoms with van der Waals surface area (Å²) in [5.41, 5.74) is 5.79. The molecule has 186 valence electrons. The fraction of sp³-hybridized carbons (Fsp3) is 0.240. The molecule has 0 atom stereocenters. The third-order valence-corrected chi connectivity index (χ3v) is 8.38. The molecule has 0 saturated carbocycles. The van der Waals surface area contributed by atoms with Crippen LogP contribution >= 0.6 is 22.9 Å². The number of nitrogens with two attached hydrogens (primary N) is 1. The van der Waals surface area contributed by atoms with E-state index in [-0.39, 0.29) is 27.3 Å². The van der Waals surface area contributed by atoms with E-state index in [9.17, 15) is 21.6 Å². The Morgan fingerprint density at radius 3 is 2.43 bits per heavy atom. The normalized spacial score (nSPS) is 13.5. The number of para-hydroxylation sites is 1. The van der Waals surface area contributed by atoms with E-state index in [0.29, 0.717) is 21.0 Å². The summed E-state index contributed by atoms with van der Waals surface area (Å²) in [6, 6.07) is 15.0. The van der Waals surface area contributed by atoms with Crippen LogP contribution in [0.2, 0.25) is 5.02 Å². The number of halogens is 4. The number of nitrogens with zero attached hydrogens (tertiary/aromatic N) is 1. The highest BCUT2D eigenvalue weighted by atomic mass is 35.5. The Balaban J connectivity index is 2.17. The van der Waals surface area contributed by atoms with Crippen LogP contribution in [0, 0.1) is 0 Å². The van der Waals surface area contributed by atoms with Gasteiger partial charge in [-0.25, -0.2) is 13.4 Å². The lowest BCUT2D eigenvalue weighted by molar-refractivity contribution is -0.0925. The molecule has 0 spiro atoms. The van der Waals surface area contributed by atoms with Crippen LogP contribution in [0.25, 0.3) is 10.4 Å². The van der Waals surface area contributed by atoms with Crippen molar-refractivity contribution >= 4 is 44.2 Å². The maximum absolute atomic E-state index is 13.2. The van der Waals surface area contributed by atoms with Crippen LogP contribution in [0.1, 0.15) is 37.1 Å². The first-order chi connectivity index (χ1) is 16.3. The van der Waals surface area contributed by atoms with Gasteiger partial charge in [0, 0.05) is 4.88 Å². The molecule has 35 heavy (non-hydrogen) atoms. The summed E-state index contributed by atoms with van der Waals surface area (Å²) in [6.07, 6.45) is -3.95. The second kappa shape index (κ2) is 10.6. The third kappa shape index (κ3) is 6.54. The van der Waals surface area contributed by atoms with Gasteiger partial charge in [-0.15, -0.1) is 11.3 Å². The molecule has 0 aliphatic rings. The minimum atomic E-state index is -4.73. The number of aliphatic imine (C=N–C) groups is 1. The van der Waals surface area contributed by atoms with E-state index in [1.807, 2.05) is 19.9 Å². The largest absolute Gasteiger partial charge is 0.430 e. The van der Waals surface area contributed by atoms with Crippen LogP contribution in [0.3, 0.4) is 0 Å². The summed E-state index contributed by atoms with van der Waals surface area (Å²) in [7, 11) is -3.46. The van der Waals surface area contributed by atoms with E-state index in [4.69, 9.17) is 17.3 Å². The summed E-state index contributed by atoms with van der Waals surface area (Å²) in [6.45, 7) is 5.50. The van der Waals surface area contributed by atoms with Crippen molar-refractivity contribution in [1.29, 1.82) is 0 Å². The Morgan fingerprint density at radius 2 is 1.83 bits per heavy atom. The zero-order chi connectivity index (χ0) is 26.0. The van der Waals surface area contributed by atoms with E-state index >= 15 is 0 Å². The molecule has 0 aliphatic heterocycles. The maximum Gasteiger partial charge on any atom is 0.430 e. The third-order valence-electron chi connectivity index (χ3n) is 5.19. The van der Waals surface area contributed by atoms with Crippen LogP contribution in [0.4, 0.5) is 18.9 Å². The quantitative estimate of drug-likeness (QED) is 0.315. The fourth-order valence-electron chi connectivity index (χ4n) is 3.13. The molecule has 0 amide bonds. The lowest BCUT2D eigenvalue weighted by Crippen LogP contribution is -2.20. The van der Waals surface area contributed by atoms with Gasteiger partial charge in [0.05, 0.1) is 31.9 Å². The standard InChI is InChI=1S/C25H24ClF3N2O2S2/c1-4-35(32,33)18-12-16(15(2)3)11-17(13-18)22-9-10-23(34-22)21(14-24(30)25(27,28)29)31-20-8-6-5-7-19(20)26/h5-15H,4,30H2,1-3H3/b24-14-,31-21?. The van der Waals surface area contributed by atoms with Gasteiger partial charge in [-0.3, -0.25) is 0 Å². The van der Waals surface area contributed by atoms with Gasteiger partial charge in [0.1, 0.15) is 5.70 Å². The topological polar surface area (TPSA) is 72.5 Å². The van der Waals surface area contributed by atoms with Crippen molar-refractivity contribution in [3.8, 4) is 10.4 Å². The van der Waals surface area contributed by atoms with Crippen LogP contribution in [0.5, 0.6) is 0 Å². The number of rotatable bonds is 7. The van der Waals surface area contributed by atoms with Crippen molar-refractivity contribution in [2.45, 2.75) is 37.8 Å². The Labute approximate surface area is 211 Å². The molecule has 2 aromatic carbocycles. The number of alkyl halides is 3. The summed E-state index contributed by atoms with van der Waals surface area (Å²) >= 11 is 7.35. The van der Waals surface area contributed by atoms with Crippen molar-refractivity contribution in [2.24, 2.45) is 10.7 Å². The van der Waals surface area contributed by atoms with E-state index in [1.54, 1.807) is 55.5 Å². The molecule has 3 aromatic rings. The summed E-state index contributed by atoms with van der Waals surface area (Å²) < 4.78 is 64.7. The summed E-state index contributed by atoms with van der Waals surface area (Å²) in [5.74, 6) is 0.0341.